The van der Waals surface area contributed by atoms with E-state index in [2.05, 4.69) is 58.6 Å². The number of hydrogen-bond acceptors (Lipinski definition) is 3. The molecule has 5 heteroatoms. The van der Waals surface area contributed by atoms with Crippen molar-refractivity contribution in [3.8, 4) is 5.75 Å². The number of anilines is 2. The van der Waals surface area contributed by atoms with E-state index in [0.717, 1.165) is 27.0 Å². The Bertz CT molecular complexity index is 1020. The topological polar surface area (TPSA) is 50.4 Å². The van der Waals surface area contributed by atoms with Crippen LogP contribution in [0.15, 0.2) is 65.1 Å². The normalized spacial score (nSPS) is 10.5. The van der Waals surface area contributed by atoms with Crippen LogP contribution in [0.3, 0.4) is 0 Å². The third-order valence-corrected chi connectivity index (χ3v) is 5.28. The fraction of sp³-hybridized carbons (Fsp3) is 0.208. The molecular weight excluding hydrogens is 428 g/mol. The maximum Gasteiger partial charge on any atom is 0.262 e. The van der Waals surface area contributed by atoms with Gasteiger partial charge in [-0.2, -0.15) is 0 Å². The van der Waals surface area contributed by atoms with Crippen LogP contribution >= 0.6 is 15.9 Å². The summed E-state index contributed by atoms with van der Waals surface area (Å²) < 4.78 is 6.49. The molecule has 0 aliphatic heterocycles. The van der Waals surface area contributed by atoms with Crippen LogP contribution in [-0.2, 0) is 11.3 Å². The number of rotatable bonds is 7. The Morgan fingerprint density at radius 1 is 0.931 bits per heavy atom. The van der Waals surface area contributed by atoms with Crippen molar-refractivity contribution in [3.63, 3.8) is 0 Å². The smallest absolute Gasteiger partial charge is 0.262 e. The number of amides is 1. The predicted octanol–water partition coefficient (Wildman–Crippen LogP) is 6.00. The van der Waals surface area contributed by atoms with Gasteiger partial charge in [0.2, 0.25) is 0 Å². The zero-order valence-corrected chi connectivity index (χ0v) is 18.5. The van der Waals surface area contributed by atoms with Crippen LogP contribution in [0.25, 0.3) is 0 Å². The Morgan fingerprint density at radius 3 is 2.48 bits per heavy atom. The van der Waals surface area contributed by atoms with Crippen molar-refractivity contribution < 1.29 is 9.53 Å². The molecule has 0 unspecified atom stereocenters. The van der Waals surface area contributed by atoms with Crippen molar-refractivity contribution in [2.24, 2.45) is 0 Å². The summed E-state index contributed by atoms with van der Waals surface area (Å²) in [6, 6.07) is 19.9. The first-order valence-corrected chi connectivity index (χ1v) is 10.3. The third kappa shape index (κ3) is 6.09. The second kappa shape index (κ2) is 9.61. The lowest BCUT2D eigenvalue weighted by atomic mass is 10.1. The van der Waals surface area contributed by atoms with E-state index in [0.29, 0.717) is 12.3 Å². The van der Waals surface area contributed by atoms with E-state index in [1.54, 1.807) is 0 Å². The molecule has 2 N–H and O–H groups in total. The summed E-state index contributed by atoms with van der Waals surface area (Å²) in [6.07, 6.45) is 0. The lowest BCUT2D eigenvalue weighted by molar-refractivity contribution is -0.118. The van der Waals surface area contributed by atoms with Crippen LogP contribution in [0.5, 0.6) is 5.75 Å². The molecule has 0 aliphatic carbocycles. The number of benzene rings is 3. The molecule has 0 atom stereocenters. The molecular formula is C24H25BrN2O2. The molecule has 150 valence electrons. The lowest BCUT2D eigenvalue weighted by Gasteiger charge is -2.12. The highest BCUT2D eigenvalue weighted by atomic mass is 79.9. The Balaban J connectivity index is 1.53. The van der Waals surface area contributed by atoms with E-state index >= 15 is 0 Å². The summed E-state index contributed by atoms with van der Waals surface area (Å²) >= 11 is 3.54. The first kappa shape index (κ1) is 20.9. The summed E-state index contributed by atoms with van der Waals surface area (Å²) in [6.45, 7) is 6.86. The van der Waals surface area contributed by atoms with E-state index in [1.807, 2.05) is 49.4 Å². The van der Waals surface area contributed by atoms with Gasteiger partial charge in [0, 0.05) is 17.9 Å². The fourth-order valence-corrected chi connectivity index (χ4v) is 3.43. The van der Waals surface area contributed by atoms with Crippen molar-refractivity contribution in [1.82, 2.24) is 0 Å². The van der Waals surface area contributed by atoms with Crippen molar-refractivity contribution in [3.05, 3.63) is 87.4 Å². The van der Waals surface area contributed by atoms with Crippen molar-refractivity contribution in [1.29, 1.82) is 0 Å². The maximum atomic E-state index is 12.1. The molecule has 4 nitrogen and oxygen atoms in total. The van der Waals surface area contributed by atoms with Gasteiger partial charge in [0.1, 0.15) is 5.75 Å². The summed E-state index contributed by atoms with van der Waals surface area (Å²) in [5, 5.41) is 6.27. The molecule has 3 aromatic rings. The van der Waals surface area contributed by atoms with Gasteiger partial charge in [0.05, 0.1) is 4.47 Å². The number of aryl methyl sites for hydroxylation is 3. The molecule has 29 heavy (non-hydrogen) atoms. The van der Waals surface area contributed by atoms with Crippen LogP contribution < -0.4 is 15.4 Å². The number of carbonyl (C=O) groups is 1. The highest BCUT2D eigenvalue weighted by molar-refractivity contribution is 9.10. The Morgan fingerprint density at radius 2 is 1.76 bits per heavy atom. The quantitative estimate of drug-likeness (QED) is 0.461. The van der Waals surface area contributed by atoms with Gasteiger partial charge in [0.15, 0.2) is 6.61 Å². The molecule has 0 saturated heterocycles. The largest absolute Gasteiger partial charge is 0.483 e. The average molecular weight is 453 g/mol. The van der Waals surface area contributed by atoms with Gasteiger partial charge in [-0.25, -0.2) is 0 Å². The summed E-state index contributed by atoms with van der Waals surface area (Å²) in [7, 11) is 0. The van der Waals surface area contributed by atoms with Gasteiger partial charge in [-0.15, -0.1) is 0 Å². The number of hydrogen-bond donors (Lipinski definition) is 2. The summed E-state index contributed by atoms with van der Waals surface area (Å²) in [5.74, 6) is 0.447. The highest BCUT2D eigenvalue weighted by Gasteiger charge is 2.08. The van der Waals surface area contributed by atoms with Crippen molar-refractivity contribution in [2.75, 3.05) is 17.2 Å². The van der Waals surface area contributed by atoms with Crippen molar-refractivity contribution in [2.45, 2.75) is 27.3 Å². The fourth-order valence-electron chi connectivity index (χ4n) is 2.89. The molecule has 3 rings (SSSR count). The summed E-state index contributed by atoms with van der Waals surface area (Å²) in [5.41, 5.74) is 6.63. The minimum atomic E-state index is -0.192. The molecule has 0 bridgehead atoms. The molecule has 0 fully saturated rings. The van der Waals surface area contributed by atoms with Crippen molar-refractivity contribution >= 4 is 33.2 Å². The van der Waals surface area contributed by atoms with E-state index < -0.39 is 0 Å². The van der Waals surface area contributed by atoms with Crippen LogP contribution in [0.2, 0.25) is 0 Å². The average Bonchev–Trinajstić information content (AvgIpc) is 2.68. The number of carbonyl (C=O) groups excluding carboxylic acids is 1. The van der Waals surface area contributed by atoms with Crippen LogP contribution in [0.1, 0.15) is 22.3 Å². The standard InChI is InChI=1S/C24H25BrN2O2/c1-16-5-4-6-21(11-16)27-24(28)15-29-23-10-8-19(13-22(23)25)14-26-20-9-7-17(2)18(3)12-20/h4-13,26H,14-15H2,1-3H3,(H,27,28). The van der Waals surface area contributed by atoms with Gasteiger partial charge < -0.3 is 15.4 Å². The maximum absolute atomic E-state index is 12.1. The number of ether oxygens (including phenoxy) is 1. The number of halogens is 1. The third-order valence-electron chi connectivity index (χ3n) is 4.66. The van der Waals surface area contributed by atoms with Crippen LogP contribution in [0.4, 0.5) is 11.4 Å². The van der Waals surface area contributed by atoms with E-state index in [-0.39, 0.29) is 12.5 Å². The van der Waals surface area contributed by atoms with Gasteiger partial charge in [0.25, 0.3) is 5.91 Å². The second-order valence-electron chi connectivity index (χ2n) is 7.12. The Hall–Kier alpha value is -2.79. The SMILES string of the molecule is Cc1cccc(NC(=O)COc2ccc(CNc3ccc(C)c(C)c3)cc2Br)c1. The molecule has 0 saturated carbocycles. The first-order chi connectivity index (χ1) is 13.9. The van der Waals surface area contributed by atoms with Gasteiger partial charge in [-0.3, -0.25) is 4.79 Å². The molecule has 0 aromatic heterocycles. The lowest BCUT2D eigenvalue weighted by Crippen LogP contribution is -2.20. The van der Waals surface area contributed by atoms with Gasteiger partial charge in [-0.1, -0.05) is 24.3 Å². The van der Waals surface area contributed by atoms with Gasteiger partial charge in [-0.05, 0) is 95.4 Å². The highest BCUT2D eigenvalue weighted by Crippen LogP contribution is 2.26. The van der Waals surface area contributed by atoms with Gasteiger partial charge >= 0.3 is 0 Å². The molecule has 0 radical (unpaired) electrons. The Labute approximate surface area is 180 Å². The predicted molar refractivity (Wildman–Crippen MR) is 123 cm³/mol. The first-order valence-electron chi connectivity index (χ1n) is 9.49. The van der Waals surface area contributed by atoms with E-state index in [4.69, 9.17) is 4.74 Å². The Kier molecular flexibility index (Phi) is 6.94. The zero-order chi connectivity index (χ0) is 20.8. The van der Waals surface area contributed by atoms with Crippen LogP contribution in [0, 0.1) is 20.8 Å². The minimum absolute atomic E-state index is 0.0488. The molecule has 3 aromatic carbocycles. The molecule has 1 amide bonds. The second-order valence-corrected chi connectivity index (χ2v) is 7.98. The minimum Gasteiger partial charge on any atom is -0.483 e. The zero-order valence-electron chi connectivity index (χ0n) is 16.9. The molecule has 0 heterocycles. The van der Waals surface area contributed by atoms with Crippen LogP contribution in [-0.4, -0.2) is 12.5 Å². The molecule has 0 spiro atoms. The number of nitrogens with one attached hydrogen (secondary N) is 2. The summed E-state index contributed by atoms with van der Waals surface area (Å²) in [4.78, 5) is 12.1. The monoisotopic (exact) mass is 452 g/mol. The van der Waals surface area contributed by atoms with E-state index in [9.17, 15) is 4.79 Å². The molecule has 0 aliphatic rings. The van der Waals surface area contributed by atoms with E-state index in [1.165, 1.54) is 11.1 Å².